The molecule has 1 atom stereocenters. The second kappa shape index (κ2) is 8.94. The number of nitrogens with zero attached hydrogens (tertiary/aromatic N) is 1. The van der Waals surface area contributed by atoms with Crippen LogP contribution in [0, 0.1) is 5.41 Å². The fourth-order valence-electron chi connectivity index (χ4n) is 1.64. The number of carbonyl (C=O) groups excluding carboxylic acids is 2. The van der Waals surface area contributed by atoms with E-state index < -0.39 is 33.8 Å². The summed E-state index contributed by atoms with van der Waals surface area (Å²) in [5.41, 5.74) is -0.757. The molecule has 0 radical (unpaired) electrons. The molecule has 25 heavy (non-hydrogen) atoms. The first-order valence-electron chi connectivity index (χ1n) is 7.08. The van der Waals surface area contributed by atoms with Crippen molar-refractivity contribution in [1.82, 2.24) is 14.9 Å². The maximum absolute atomic E-state index is 12.1. The van der Waals surface area contributed by atoms with Gasteiger partial charge in [0, 0.05) is 19.7 Å². The predicted octanol–water partition coefficient (Wildman–Crippen LogP) is -0.211. The maximum atomic E-state index is 12.1. The van der Waals surface area contributed by atoms with E-state index in [4.69, 9.17) is 10.5 Å². The summed E-state index contributed by atoms with van der Waals surface area (Å²) in [5, 5.41) is 20.8. The molecule has 0 aliphatic heterocycles. The number of amides is 2. The first kappa shape index (κ1) is 21.1. The van der Waals surface area contributed by atoms with Gasteiger partial charge in [-0.1, -0.05) is 17.8 Å². The second-order valence-electron chi connectivity index (χ2n) is 5.09. The van der Waals surface area contributed by atoms with Crippen molar-refractivity contribution >= 4 is 38.8 Å². The van der Waals surface area contributed by atoms with E-state index in [1.165, 1.54) is 45.3 Å². The Morgan fingerprint density at radius 1 is 1.36 bits per heavy atom. The van der Waals surface area contributed by atoms with Gasteiger partial charge < -0.3 is 15.7 Å². The van der Waals surface area contributed by atoms with Gasteiger partial charge in [-0.2, -0.15) is 0 Å². The number of sulfonamides is 1. The summed E-state index contributed by atoms with van der Waals surface area (Å²) in [4.78, 5) is 23.6. The summed E-state index contributed by atoms with van der Waals surface area (Å²) >= 11 is 0.744. The largest absolute Gasteiger partial charge is 0.382 e. The Hall–Kier alpha value is -1.95. The molecule has 0 aliphatic rings. The molecule has 1 unspecified atom stereocenters. The van der Waals surface area contributed by atoms with E-state index in [-0.39, 0.29) is 15.6 Å². The van der Waals surface area contributed by atoms with Gasteiger partial charge in [-0.3, -0.25) is 15.0 Å². The third-order valence-electron chi connectivity index (χ3n) is 2.83. The van der Waals surface area contributed by atoms with Crippen molar-refractivity contribution in [2.24, 2.45) is 0 Å². The molecule has 1 aromatic rings. The minimum Gasteiger partial charge on any atom is -0.382 e. The average Bonchev–Trinajstić information content (AvgIpc) is 2.51. The highest BCUT2D eigenvalue weighted by Gasteiger charge is 2.19. The number of benzene rings is 1. The molecule has 0 heterocycles. The Labute approximate surface area is 150 Å². The van der Waals surface area contributed by atoms with Crippen LogP contribution < -0.4 is 10.6 Å². The SMILES string of the molecule is CC(O)SC(=N)NC(=O)CNC(=O)c1cccc(S(=O)(=O)N(C)C)c1. The molecule has 0 saturated carbocycles. The van der Waals surface area contributed by atoms with Crippen LogP contribution in [0.4, 0.5) is 0 Å². The van der Waals surface area contributed by atoms with Gasteiger partial charge in [0.25, 0.3) is 5.91 Å². The smallest absolute Gasteiger partial charge is 0.251 e. The quantitative estimate of drug-likeness (QED) is 0.302. The minimum atomic E-state index is -3.67. The number of aliphatic hydroxyl groups excluding tert-OH is 1. The Balaban J connectivity index is 2.70. The van der Waals surface area contributed by atoms with Crippen LogP contribution in [0.1, 0.15) is 17.3 Å². The Morgan fingerprint density at radius 2 is 2.00 bits per heavy atom. The third kappa shape index (κ3) is 6.46. The topological polar surface area (TPSA) is 140 Å². The maximum Gasteiger partial charge on any atom is 0.251 e. The highest BCUT2D eigenvalue weighted by Crippen LogP contribution is 2.14. The average molecular weight is 388 g/mol. The summed E-state index contributed by atoms with van der Waals surface area (Å²) in [6.07, 6.45) is 0. The summed E-state index contributed by atoms with van der Waals surface area (Å²) in [7, 11) is -0.909. The standard InChI is InChI=1S/C14H20N4O5S2/c1-9(19)24-14(15)17-12(20)8-16-13(21)10-5-4-6-11(7-10)25(22,23)18(2)3/h4-7,9,19H,8H2,1-3H3,(H,16,21)(H2,15,17,20). The molecule has 0 bridgehead atoms. The van der Waals surface area contributed by atoms with Gasteiger partial charge in [0.1, 0.15) is 5.44 Å². The molecule has 138 valence electrons. The highest BCUT2D eigenvalue weighted by molar-refractivity contribution is 8.14. The van der Waals surface area contributed by atoms with Crippen molar-refractivity contribution in [2.45, 2.75) is 17.3 Å². The second-order valence-corrected chi connectivity index (χ2v) is 8.57. The Kier molecular flexibility index (Phi) is 7.55. The van der Waals surface area contributed by atoms with Gasteiger partial charge in [0.15, 0.2) is 5.17 Å². The number of thioether (sulfide) groups is 1. The van der Waals surface area contributed by atoms with Crippen LogP contribution in [0.5, 0.6) is 0 Å². The van der Waals surface area contributed by atoms with Crippen molar-refractivity contribution in [3.63, 3.8) is 0 Å². The van der Waals surface area contributed by atoms with Crippen LogP contribution in [0.15, 0.2) is 29.2 Å². The lowest BCUT2D eigenvalue weighted by molar-refractivity contribution is -0.118. The molecule has 2 amide bonds. The first-order valence-corrected chi connectivity index (χ1v) is 9.40. The molecule has 1 rings (SSSR count). The molecule has 0 aromatic heterocycles. The Bertz CT molecular complexity index is 762. The van der Waals surface area contributed by atoms with E-state index >= 15 is 0 Å². The van der Waals surface area contributed by atoms with Gasteiger partial charge in [0.05, 0.1) is 11.4 Å². The molecule has 0 saturated heterocycles. The summed E-state index contributed by atoms with van der Waals surface area (Å²) in [6.45, 7) is 1.05. The molecular formula is C14H20N4O5S2. The van der Waals surface area contributed by atoms with Gasteiger partial charge in [-0.15, -0.1) is 0 Å². The van der Waals surface area contributed by atoms with E-state index in [0.717, 1.165) is 16.1 Å². The molecular weight excluding hydrogens is 368 g/mol. The van der Waals surface area contributed by atoms with Gasteiger partial charge >= 0.3 is 0 Å². The van der Waals surface area contributed by atoms with E-state index in [1.807, 2.05) is 0 Å². The number of aliphatic hydroxyl groups is 1. The Morgan fingerprint density at radius 3 is 2.56 bits per heavy atom. The lowest BCUT2D eigenvalue weighted by atomic mass is 10.2. The number of nitrogens with one attached hydrogen (secondary N) is 3. The van der Waals surface area contributed by atoms with Gasteiger partial charge in [-0.25, -0.2) is 12.7 Å². The predicted molar refractivity (Wildman–Crippen MR) is 94.8 cm³/mol. The van der Waals surface area contributed by atoms with Gasteiger partial charge in [0.2, 0.25) is 15.9 Å². The van der Waals surface area contributed by atoms with E-state index in [1.54, 1.807) is 0 Å². The normalized spacial score (nSPS) is 12.5. The number of rotatable bonds is 6. The minimum absolute atomic E-state index is 0.0373. The van der Waals surface area contributed by atoms with Crippen LogP contribution in [0.3, 0.4) is 0 Å². The van der Waals surface area contributed by atoms with Crippen LogP contribution in [0.2, 0.25) is 0 Å². The van der Waals surface area contributed by atoms with Crippen molar-refractivity contribution < 1.29 is 23.1 Å². The number of amidine groups is 1. The van der Waals surface area contributed by atoms with Crippen molar-refractivity contribution in [3.05, 3.63) is 29.8 Å². The van der Waals surface area contributed by atoms with Crippen molar-refractivity contribution in [2.75, 3.05) is 20.6 Å². The summed E-state index contributed by atoms with van der Waals surface area (Å²) < 4.78 is 25.2. The number of hydrogen-bond acceptors (Lipinski definition) is 7. The molecule has 0 aliphatic carbocycles. The fraction of sp³-hybridized carbons (Fsp3) is 0.357. The van der Waals surface area contributed by atoms with Crippen LogP contribution in [-0.2, 0) is 14.8 Å². The molecule has 9 nitrogen and oxygen atoms in total. The molecule has 4 N–H and O–H groups in total. The monoisotopic (exact) mass is 388 g/mol. The third-order valence-corrected chi connectivity index (χ3v) is 5.32. The lowest BCUT2D eigenvalue weighted by Gasteiger charge is -2.12. The lowest BCUT2D eigenvalue weighted by Crippen LogP contribution is -2.39. The summed E-state index contributed by atoms with van der Waals surface area (Å²) in [5.74, 6) is -1.26. The van der Waals surface area contributed by atoms with E-state index in [0.29, 0.717) is 0 Å². The number of carbonyl (C=O) groups is 2. The molecule has 1 aromatic carbocycles. The van der Waals surface area contributed by atoms with Crippen LogP contribution >= 0.6 is 11.8 Å². The first-order chi connectivity index (χ1) is 11.5. The highest BCUT2D eigenvalue weighted by atomic mass is 32.2. The van der Waals surface area contributed by atoms with Crippen molar-refractivity contribution in [1.29, 1.82) is 5.41 Å². The van der Waals surface area contributed by atoms with E-state index in [9.17, 15) is 18.0 Å². The van der Waals surface area contributed by atoms with Crippen LogP contribution in [-0.4, -0.2) is 60.9 Å². The zero-order chi connectivity index (χ0) is 19.2. The van der Waals surface area contributed by atoms with E-state index in [2.05, 4.69) is 10.6 Å². The number of hydrogen-bond donors (Lipinski definition) is 4. The zero-order valence-electron chi connectivity index (χ0n) is 13.9. The van der Waals surface area contributed by atoms with Crippen LogP contribution in [0.25, 0.3) is 0 Å². The summed E-state index contributed by atoms with van der Waals surface area (Å²) in [6, 6.07) is 5.44. The molecule has 0 spiro atoms. The fourth-order valence-corrected chi connectivity index (χ4v) is 3.10. The molecule has 11 heteroatoms. The molecule has 0 fully saturated rings. The van der Waals surface area contributed by atoms with Crippen molar-refractivity contribution in [3.8, 4) is 0 Å². The zero-order valence-corrected chi connectivity index (χ0v) is 15.6. The van der Waals surface area contributed by atoms with Gasteiger partial charge in [-0.05, 0) is 25.1 Å².